The van der Waals surface area contributed by atoms with Gasteiger partial charge in [0.2, 0.25) is 0 Å². The first kappa shape index (κ1) is 13.2. The molecule has 0 saturated heterocycles. The number of phenolic OH excluding ortho intramolecular Hbond substituents is 1. The molecule has 3 N–H and O–H groups in total. The van der Waals surface area contributed by atoms with Gasteiger partial charge < -0.3 is 15.6 Å². The average molecular weight is 250 g/mol. The standard InChI is InChI=1S/C14H22N2O2/c1-16(6-7-18-10-11-2-3-11)9-12-4-5-14(17)13(15)8-12/h4-5,8,11,17H,2-3,6-7,9-10,15H2,1H3. The van der Waals surface area contributed by atoms with Crippen LogP contribution in [0.15, 0.2) is 18.2 Å². The Morgan fingerprint density at radius 2 is 2.22 bits per heavy atom. The van der Waals surface area contributed by atoms with Crippen molar-refractivity contribution in [1.82, 2.24) is 4.90 Å². The topological polar surface area (TPSA) is 58.7 Å². The quantitative estimate of drug-likeness (QED) is 0.440. The maximum absolute atomic E-state index is 9.35. The largest absolute Gasteiger partial charge is 0.506 e. The van der Waals surface area contributed by atoms with E-state index >= 15 is 0 Å². The minimum atomic E-state index is 0.147. The summed E-state index contributed by atoms with van der Waals surface area (Å²) in [5.74, 6) is 0.973. The molecule has 0 heterocycles. The molecule has 18 heavy (non-hydrogen) atoms. The number of rotatable bonds is 7. The predicted octanol–water partition coefficient (Wildman–Crippen LogP) is 1.83. The third kappa shape index (κ3) is 4.20. The Bertz CT molecular complexity index is 391. The van der Waals surface area contributed by atoms with Crippen molar-refractivity contribution in [1.29, 1.82) is 0 Å². The van der Waals surface area contributed by atoms with Gasteiger partial charge in [0.05, 0.1) is 12.3 Å². The van der Waals surface area contributed by atoms with Gasteiger partial charge in [0, 0.05) is 19.7 Å². The lowest BCUT2D eigenvalue weighted by molar-refractivity contribution is 0.102. The molecule has 4 nitrogen and oxygen atoms in total. The molecule has 1 aliphatic carbocycles. The second kappa shape index (κ2) is 6.07. The van der Waals surface area contributed by atoms with E-state index in [1.54, 1.807) is 6.07 Å². The van der Waals surface area contributed by atoms with E-state index in [1.165, 1.54) is 12.8 Å². The van der Waals surface area contributed by atoms with E-state index in [4.69, 9.17) is 10.5 Å². The number of nitrogens with zero attached hydrogens (tertiary/aromatic N) is 1. The molecule has 0 atom stereocenters. The number of hydrogen-bond donors (Lipinski definition) is 2. The van der Waals surface area contributed by atoms with Gasteiger partial charge in [-0.15, -0.1) is 0 Å². The Balaban J connectivity index is 1.68. The Hall–Kier alpha value is -1.26. The third-order valence-corrected chi connectivity index (χ3v) is 3.21. The first-order valence-corrected chi connectivity index (χ1v) is 6.49. The molecular formula is C14H22N2O2. The molecule has 0 radical (unpaired) electrons. The van der Waals surface area contributed by atoms with Gasteiger partial charge >= 0.3 is 0 Å². The maximum atomic E-state index is 9.35. The maximum Gasteiger partial charge on any atom is 0.138 e. The summed E-state index contributed by atoms with van der Waals surface area (Å²) < 4.78 is 5.60. The normalized spacial score (nSPS) is 15.2. The summed E-state index contributed by atoms with van der Waals surface area (Å²) in [4.78, 5) is 2.19. The van der Waals surface area contributed by atoms with E-state index < -0.39 is 0 Å². The molecule has 1 aliphatic rings. The van der Waals surface area contributed by atoms with E-state index in [0.29, 0.717) is 5.69 Å². The number of benzene rings is 1. The molecule has 0 amide bonds. The number of nitrogens with two attached hydrogens (primary N) is 1. The Labute approximate surface area is 108 Å². The molecule has 1 saturated carbocycles. The predicted molar refractivity (Wildman–Crippen MR) is 72.4 cm³/mol. The average Bonchev–Trinajstić information content (AvgIpc) is 3.14. The Morgan fingerprint density at radius 3 is 2.89 bits per heavy atom. The second-order valence-corrected chi connectivity index (χ2v) is 5.15. The van der Waals surface area contributed by atoms with Gasteiger partial charge in [-0.25, -0.2) is 0 Å². The van der Waals surface area contributed by atoms with Crippen LogP contribution < -0.4 is 5.73 Å². The summed E-state index contributed by atoms with van der Waals surface area (Å²) in [6.07, 6.45) is 2.67. The highest BCUT2D eigenvalue weighted by molar-refractivity contribution is 5.53. The van der Waals surface area contributed by atoms with Crippen molar-refractivity contribution in [2.75, 3.05) is 32.5 Å². The molecule has 1 aromatic rings. The first-order valence-electron chi connectivity index (χ1n) is 6.49. The van der Waals surface area contributed by atoms with Crippen LogP contribution in [0.5, 0.6) is 5.75 Å². The number of ether oxygens (including phenoxy) is 1. The fourth-order valence-corrected chi connectivity index (χ4v) is 1.85. The van der Waals surface area contributed by atoms with Crippen molar-refractivity contribution in [3.8, 4) is 5.75 Å². The van der Waals surface area contributed by atoms with Crippen LogP contribution in [0.1, 0.15) is 18.4 Å². The summed E-state index contributed by atoms with van der Waals surface area (Å²) >= 11 is 0. The van der Waals surface area contributed by atoms with Crippen LogP contribution in [0.2, 0.25) is 0 Å². The molecule has 4 heteroatoms. The molecule has 0 aliphatic heterocycles. The van der Waals surface area contributed by atoms with Crippen LogP contribution in [0.4, 0.5) is 5.69 Å². The van der Waals surface area contributed by atoms with Crippen LogP contribution in [-0.4, -0.2) is 36.8 Å². The minimum Gasteiger partial charge on any atom is -0.506 e. The number of phenols is 1. The van der Waals surface area contributed by atoms with Gasteiger partial charge in [0.25, 0.3) is 0 Å². The molecule has 100 valence electrons. The molecular weight excluding hydrogens is 228 g/mol. The van der Waals surface area contributed by atoms with Crippen molar-refractivity contribution in [3.05, 3.63) is 23.8 Å². The molecule has 0 unspecified atom stereocenters. The van der Waals surface area contributed by atoms with E-state index in [9.17, 15) is 5.11 Å². The fourth-order valence-electron chi connectivity index (χ4n) is 1.85. The highest BCUT2D eigenvalue weighted by Gasteiger charge is 2.20. The summed E-state index contributed by atoms with van der Waals surface area (Å²) in [6, 6.07) is 5.35. The van der Waals surface area contributed by atoms with E-state index in [1.807, 2.05) is 12.1 Å². The molecule has 1 fully saturated rings. The van der Waals surface area contributed by atoms with Crippen LogP contribution in [0.3, 0.4) is 0 Å². The zero-order chi connectivity index (χ0) is 13.0. The summed E-state index contributed by atoms with van der Waals surface area (Å²) in [7, 11) is 2.06. The SMILES string of the molecule is CN(CCOCC1CC1)Cc1ccc(O)c(N)c1. The van der Waals surface area contributed by atoms with Crippen LogP contribution in [0.25, 0.3) is 0 Å². The third-order valence-electron chi connectivity index (χ3n) is 3.21. The van der Waals surface area contributed by atoms with Crippen molar-refractivity contribution < 1.29 is 9.84 Å². The lowest BCUT2D eigenvalue weighted by Crippen LogP contribution is -2.23. The van der Waals surface area contributed by atoms with E-state index in [0.717, 1.165) is 37.8 Å². The number of anilines is 1. The summed E-state index contributed by atoms with van der Waals surface area (Å²) in [5.41, 5.74) is 7.21. The highest BCUT2D eigenvalue weighted by Crippen LogP contribution is 2.28. The van der Waals surface area contributed by atoms with Crippen molar-refractivity contribution in [3.63, 3.8) is 0 Å². The van der Waals surface area contributed by atoms with Gasteiger partial charge in [-0.2, -0.15) is 0 Å². The van der Waals surface area contributed by atoms with Gasteiger partial charge in [0.15, 0.2) is 0 Å². The van der Waals surface area contributed by atoms with E-state index in [2.05, 4.69) is 11.9 Å². The second-order valence-electron chi connectivity index (χ2n) is 5.15. The molecule has 0 bridgehead atoms. The van der Waals surface area contributed by atoms with Gasteiger partial charge in [-0.05, 0) is 43.5 Å². The van der Waals surface area contributed by atoms with Crippen LogP contribution in [-0.2, 0) is 11.3 Å². The van der Waals surface area contributed by atoms with Crippen molar-refractivity contribution in [2.45, 2.75) is 19.4 Å². The zero-order valence-corrected chi connectivity index (χ0v) is 10.9. The monoisotopic (exact) mass is 250 g/mol. The summed E-state index contributed by atoms with van der Waals surface area (Å²) in [6.45, 7) is 3.42. The van der Waals surface area contributed by atoms with Crippen LogP contribution >= 0.6 is 0 Å². The lowest BCUT2D eigenvalue weighted by Gasteiger charge is -2.17. The molecule has 2 rings (SSSR count). The Morgan fingerprint density at radius 1 is 1.44 bits per heavy atom. The van der Waals surface area contributed by atoms with Crippen molar-refractivity contribution >= 4 is 5.69 Å². The van der Waals surface area contributed by atoms with Gasteiger partial charge in [0.1, 0.15) is 5.75 Å². The number of nitrogen functional groups attached to an aromatic ring is 1. The summed E-state index contributed by atoms with van der Waals surface area (Å²) in [5, 5.41) is 9.35. The van der Waals surface area contributed by atoms with E-state index in [-0.39, 0.29) is 5.75 Å². The van der Waals surface area contributed by atoms with Crippen LogP contribution in [0, 0.1) is 5.92 Å². The minimum absolute atomic E-state index is 0.147. The van der Waals surface area contributed by atoms with Gasteiger partial charge in [-0.3, -0.25) is 4.90 Å². The van der Waals surface area contributed by atoms with Gasteiger partial charge in [-0.1, -0.05) is 6.07 Å². The smallest absolute Gasteiger partial charge is 0.138 e. The zero-order valence-electron chi connectivity index (χ0n) is 10.9. The number of likely N-dealkylation sites (N-methyl/N-ethyl adjacent to an activating group) is 1. The highest BCUT2D eigenvalue weighted by atomic mass is 16.5. The lowest BCUT2D eigenvalue weighted by atomic mass is 10.2. The number of aromatic hydroxyl groups is 1. The molecule has 0 aromatic heterocycles. The van der Waals surface area contributed by atoms with Crippen molar-refractivity contribution in [2.24, 2.45) is 5.92 Å². The first-order chi connectivity index (χ1) is 8.65. The Kier molecular flexibility index (Phi) is 4.44. The molecule has 1 aromatic carbocycles. The molecule has 0 spiro atoms. The fraction of sp³-hybridized carbons (Fsp3) is 0.571. The number of hydrogen-bond acceptors (Lipinski definition) is 4.